The number of rotatable bonds is 13. The first-order valence-corrected chi connectivity index (χ1v) is 17.4. The highest BCUT2D eigenvalue weighted by molar-refractivity contribution is 7.91. The fourth-order valence-corrected chi connectivity index (χ4v) is 7.06. The Morgan fingerprint density at radius 3 is 2.60 bits per heavy atom. The largest absolute Gasteiger partial charge is 0.496 e. The van der Waals surface area contributed by atoms with Crippen molar-refractivity contribution >= 4 is 55.2 Å². The maximum Gasteiger partial charge on any atom is 0.179 e. The normalized spacial score (nSPS) is 11.5. The number of ether oxygens (including phenoxy) is 2. The molecule has 0 amide bonds. The number of benzene rings is 4. The number of methoxy groups -OCH3 is 1. The molecule has 0 radical (unpaired) electrons. The van der Waals surface area contributed by atoms with Crippen molar-refractivity contribution in [3.8, 4) is 22.8 Å². The Balaban J connectivity index is 1.16. The van der Waals surface area contributed by atoms with Crippen molar-refractivity contribution in [2.75, 3.05) is 24.7 Å². The van der Waals surface area contributed by atoms with E-state index >= 15 is 0 Å². The molecule has 0 aliphatic heterocycles. The Hall–Kier alpha value is -4.62. The molecule has 4 aromatic carbocycles. The van der Waals surface area contributed by atoms with Gasteiger partial charge in [0, 0.05) is 41.2 Å². The molecule has 6 aromatic rings. The van der Waals surface area contributed by atoms with E-state index in [1.807, 2.05) is 23.6 Å². The molecule has 0 fully saturated rings. The summed E-state index contributed by atoms with van der Waals surface area (Å²) in [5.74, 6) is 1.28. The van der Waals surface area contributed by atoms with Gasteiger partial charge in [0.1, 0.15) is 41.1 Å². The second-order valence-electron chi connectivity index (χ2n) is 10.4. The topological polar surface area (TPSA) is 115 Å². The van der Waals surface area contributed by atoms with E-state index < -0.39 is 9.84 Å². The number of fused-ring (bicyclic) bond motifs is 1. The van der Waals surface area contributed by atoms with Crippen molar-refractivity contribution in [3.05, 3.63) is 118 Å². The molecule has 47 heavy (non-hydrogen) atoms. The third kappa shape index (κ3) is 7.86. The molecule has 0 aliphatic rings. The van der Waals surface area contributed by atoms with Gasteiger partial charge in [0.25, 0.3) is 0 Å². The van der Waals surface area contributed by atoms with E-state index in [1.54, 1.807) is 61.7 Å². The zero-order valence-electron chi connectivity index (χ0n) is 25.1. The van der Waals surface area contributed by atoms with Gasteiger partial charge >= 0.3 is 0 Å². The van der Waals surface area contributed by atoms with Crippen LogP contribution in [0.5, 0.6) is 11.5 Å². The van der Waals surface area contributed by atoms with Crippen LogP contribution in [0.4, 0.5) is 15.9 Å². The summed E-state index contributed by atoms with van der Waals surface area (Å²) >= 11 is 7.99. The van der Waals surface area contributed by atoms with Crippen molar-refractivity contribution < 1.29 is 22.3 Å². The van der Waals surface area contributed by atoms with Crippen LogP contribution in [-0.4, -0.2) is 42.8 Å². The molecule has 240 valence electrons. The van der Waals surface area contributed by atoms with Gasteiger partial charge in [-0.15, -0.1) is 11.3 Å². The Labute approximate surface area is 280 Å². The highest BCUT2D eigenvalue weighted by atomic mass is 35.5. The van der Waals surface area contributed by atoms with Crippen molar-refractivity contribution in [1.29, 1.82) is 0 Å². The summed E-state index contributed by atoms with van der Waals surface area (Å²) in [4.78, 5) is 14.0. The van der Waals surface area contributed by atoms with E-state index in [4.69, 9.17) is 26.1 Å². The van der Waals surface area contributed by atoms with Crippen LogP contribution in [0.25, 0.3) is 22.2 Å². The quantitative estimate of drug-likeness (QED) is 0.119. The fraction of sp³-hybridized carbons (Fsp3) is 0.147. The third-order valence-corrected chi connectivity index (χ3v) is 10.1. The van der Waals surface area contributed by atoms with Crippen LogP contribution in [0.3, 0.4) is 0 Å². The van der Waals surface area contributed by atoms with Gasteiger partial charge in [-0.1, -0.05) is 41.9 Å². The molecule has 13 heteroatoms. The average Bonchev–Trinajstić information content (AvgIpc) is 3.55. The lowest BCUT2D eigenvalue weighted by atomic mass is 10.1. The SMILES string of the molecule is COc1cc2ncnc(Nc3ccc(OCc4cccc(F)c4)c(Cl)c3)c2cc1-c1csc(CNCCS(=O)(=O)c2ccccc2)n1. The molecule has 0 saturated carbocycles. The molecular weight excluding hydrogens is 661 g/mol. The van der Waals surface area contributed by atoms with Crippen LogP contribution < -0.4 is 20.1 Å². The Kier molecular flexibility index (Phi) is 9.92. The van der Waals surface area contributed by atoms with Gasteiger partial charge in [0.15, 0.2) is 9.84 Å². The number of nitrogens with zero attached hydrogens (tertiary/aromatic N) is 3. The fourth-order valence-electron chi connectivity index (χ4n) is 4.84. The van der Waals surface area contributed by atoms with Crippen molar-refractivity contribution in [2.24, 2.45) is 0 Å². The van der Waals surface area contributed by atoms with Crippen LogP contribution >= 0.6 is 22.9 Å². The predicted molar refractivity (Wildman–Crippen MR) is 183 cm³/mol. The van der Waals surface area contributed by atoms with E-state index in [2.05, 4.69) is 20.6 Å². The molecule has 0 spiro atoms. The highest BCUT2D eigenvalue weighted by Crippen LogP contribution is 2.37. The van der Waals surface area contributed by atoms with E-state index in [9.17, 15) is 12.8 Å². The minimum atomic E-state index is -3.37. The lowest BCUT2D eigenvalue weighted by Crippen LogP contribution is -2.22. The number of aromatic nitrogens is 3. The molecule has 0 unspecified atom stereocenters. The molecule has 2 heterocycles. The molecule has 2 N–H and O–H groups in total. The summed E-state index contributed by atoms with van der Waals surface area (Å²) in [5, 5.41) is 10.4. The zero-order chi connectivity index (χ0) is 32.8. The monoisotopic (exact) mass is 689 g/mol. The van der Waals surface area contributed by atoms with Gasteiger partial charge in [-0.2, -0.15) is 0 Å². The number of hydrogen-bond acceptors (Lipinski definition) is 10. The minimum absolute atomic E-state index is 0.0145. The van der Waals surface area contributed by atoms with Crippen molar-refractivity contribution in [2.45, 2.75) is 18.0 Å². The standard InChI is InChI=1S/C34H29ClFN5O4S2/c1-44-32-17-29-27(16-26(32)30-20-46-33(41-30)18-37-12-13-47(42,43)25-8-3-2-4-9-25)34(39-21-38-29)40-24-10-11-31(28(35)15-24)45-19-22-6-5-7-23(36)14-22/h2-11,14-17,20-21,37H,12-13,18-19H2,1H3,(H,38,39,40). The lowest BCUT2D eigenvalue weighted by molar-refractivity contribution is 0.306. The van der Waals surface area contributed by atoms with Gasteiger partial charge in [-0.05, 0) is 54.1 Å². The first kappa shape index (κ1) is 32.3. The predicted octanol–water partition coefficient (Wildman–Crippen LogP) is 7.44. The number of hydrogen-bond donors (Lipinski definition) is 2. The molecular formula is C34H29ClFN5O4S2. The summed E-state index contributed by atoms with van der Waals surface area (Å²) in [6.07, 6.45) is 1.46. The van der Waals surface area contributed by atoms with Gasteiger partial charge in [0.05, 0.1) is 34.0 Å². The van der Waals surface area contributed by atoms with Gasteiger partial charge in [0.2, 0.25) is 0 Å². The maximum atomic E-state index is 13.5. The van der Waals surface area contributed by atoms with E-state index in [0.717, 1.165) is 16.0 Å². The summed E-state index contributed by atoms with van der Waals surface area (Å²) in [6, 6.07) is 23.7. The zero-order valence-corrected chi connectivity index (χ0v) is 27.5. The average molecular weight is 690 g/mol. The minimum Gasteiger partial charge on any atom is -0.496 e. The summed E-state index contributed by atoms with van der Waals surface area (Å²) in [6.45, 7) is 0.890. The number of thiazole rings is 1. The second kappa shape index (κ2) is 14.4. The molecule has 9 nitrogen and oxygen atoms in total. The molecule has 0 saturated heterocycles. The Bertz CT molecular complexity index is 2130. The summed E-state index contributed by atoms with van der Waals surface area (Å²) in [5.41, 5.74) is 3.51. The second-order valence-corrected chi connectivity index (χ2v) is 13.9. The van der Waals surface area contributed by atoms with Gasteiger partial charge in [-0.25, -0.2) is 27.8 Å². The maximum absolute atomic E-state index is 13.5. The van der Waals surface area contributed by atoms with Gasteiger partial charge in [-0.3, -0.25) is 0 Å². The van der Waals surface area contributed by atoms with Crippen LogP contribution in [0.15, 0.2) is 102 Å². The number of halogens is 2. The van der Waals surface area contributed by atoms with E-state index in [0.29, 0.717) is 62.8 Å². The number of anilines is 2. The number of sulfone groups is 1. The van der Waals surface area contributed by atoms with Crippen LogP contribution in [-0.2, 0) is 23.0 Å². The van der Waals surface area contributed by atoms with Crippen LogP contribution in [0.1, 0.15) is 10.6 Å². The first-order chi connectivity index (χ1) is 22.8. The number of nitrogens with one attached hydrogen (secondary N) is 2. The van der Waals surface area contributed by atoms with Crippen LogP contribution in [0, 0.1) is 5.82 Å². The summed E-state index contributed by atoms with van der Waals surface area (Å²) in [7, 11) is -1.78. The summed E-state index contributed by atoms with van der Waals surface area (Å²) < 4.78 is 50.1. The smallest absolute Gasteiger partial charge is 0.179 e. The highest BCUT2D eigenvalue weighted by Gasteiger charge is 2.17. The van der Waals surface area contributed by atoms with Crippen LogP contribution in [0.2, 0.25) is 5.02 Å². The lowest BCUT2D eigenvalue weighted by Gasteiger charge is -2.13. The molecule has 0 atom stereocenters. The van der Waals surface area contributed by atoms with Crippen molar-refractivity contribution in [1.82, 2.24) is 20.3 Å². The van der Waals surface area contributed by atoms with E-state index in [1.165, 1.54) is 29.8 Å². The first-order valence-electron chi connectivity index (χ1n) is 14.5. The van der Waals surface area contributed by atoms with Gasteiger partial charge < -0.3 is 20.1 Å². The Morgan fingerprint density at radius 2 is 1.81 bits per heavy atom. The molecule has 0 aliphatic carbocycles. The molecule has 0 bridgehead atoms. The Morgan fingerprint density at radius 1 is 0.957 bits per heavy atom. The third-order valence-electron chi connectivity index (χ3n) is 7.19. The van der Waals surface area contributed by atoms with Crippen molar-refractivity contribution in [3.63, 3.8) is 0 Å². The molecule has 2 aromatic heterocycles. The molecule has 6 rings (SSSR count). The van der Waals surface area contributed by atoms with E-state index in [-0.39, 0.29) is 18.2 Å².